The first kappa shape index (κ1) is 24.1. The van der Waals surface area contributed by atoms with Gasteiger partial charge in [-0.2, -0.15) is 0 Å². The quantitative estimate of drug-likeness (QED) is 0.322. The number of hydrogen-bond donors (Lipinski definition) is 4. The lowest BCUT2D eigenvalue weighted by Gasteiger charge is -2.24. The number of benzene rings is 2. The van der Waals surface area contributed by atoms with Gasteiger partial charge in [-0.05, 0) is 30.0 Å². The molecule has 174 valence electrons. The second-order valence-electron chi connectivity index (χ2n) is 7.65. The van der Waals surface area contributed by atoms with E-state index in [9.17, 15) is 18.0 Å². The monoisotopic (exact) mass is 469 g/mol. The van der Waals surface area contributed by atoms with E-state index >= 15 is 0 Å². The number of likely N-dealkylation sites (tertiary alicyclic amines) is 1. The van der Waals surface area contributed by atoms with E-state index in [0.717, 1.165) is 16.5 Å². The molecule has 10 heteroatoms. The minimum Gasteiger partial charge on any atom is -0.384 e. The zero-order valence-electron chi connectivity index (χ0n) is 18.0. The van der Waals surface area contributed by atoms with Crippen LogP contribution in [0.2, 0.25) is 0 Å². The molecule has 1 aliphatic rings. The molecule has 1 fully saturated rings. The molecule has 0 saturated carbocycles. The van der Waals surface area contributed by atoms with E-state index in [1.807, 2.05) is 6.07 Å². The molecule has 0 radical (unpaired) electrons. The molecule has 0 aromatic heterocycles. The second kappa shape index (κ2) is 10.9. The van der Waals surface area contributed by atoms with Gasteiger partial charge in [0.25, 0.3) is 0 Å². The molecule has 2 aromatic rings. The first-order valence-corrected chi connectivity index (χ1v) is 12.0. The lowest BCUT2D eigenvalue weighted by molar-refractivity contribution is -0.137. The molecule has 0 spiro atoms. The van der Waals surface area contributed by atoms with Gasteiger partial charge in [0, 0.05) is 24.1 Å². The first-order valence-electron chi connectivity index (χ1n) is 10.5. The summed E-state index contributed by atoms with van der Waals surface area (Å²) in [5.41, 5.74) is 7.59. The van der Waals surface area contributed by atoms with Crippen molar-refractivity contribution < 1.29 is 18.0 Å². The summed E-state index contributed by atoms with van der Waals surface area (Å²) >= 11 is 0. The maximum atomic E-state index is 12.7. The van der Waals surface area contributed by atoms with Crippen molar-refractivity contribution in [2.45, 2.75) is 25.4 Å². The van der Waals surface area contributed by atoms with Crippen LogP contribution in [-0.4, -0.2) is 50.1 Å². The molecule has 2 aromatic carbocycles. The summed E-state index contributed by atoms with van der Waals surface area (Å²) in [5.74, 6) is -0.768. The molecule has 1 atom stereocenters. The lowest BCUT2D eigenvalue weighted by Crippen LogP contribution is -2.48. The van der Waals surface area contributed by atoms with Crippen molar-refractivity contribution in [3.8, 4) is 0 Å². The van der Waals surface area contributed by atoms with Crippen LogP contribution in [0, 0.1) is 5.41 Å². The fraction of sp³-hybridized carbons (Fsp3) is 0.261. The molecular formula is C23H27N5O4S. The van der Waals surface area contributed by atoms with Crippen LogP contribution in [0.25, 0.3) is 6.08 Å². The Morgan fingerprint density at radius 2 is 1.82 bits per heavy atom. The average molecular weight is 470 g/mol. The topological polar surface area (TPSA) is 145 Å². The summed E-state index contributed by atoms with van der Waals surface area (Å²) in [7, 11) is -3.80. The zero-order chi connectivity index (χ0) is 23.8. The fourth-order valence-electron chi connectivity index (χ4n) is 3.49. The molecule has 3 rings (SSSR count). The third-order valence-electron chi connectivity index (χ3n) is 5.27. The Morgan fingerprint density at radius 3 is 2.48 bits per heavy atom. The Bertz CT molecular complexity index is 1130. The van der Waals surface area contributed by atoms with Crippen molar-refractivity contribution in [3.63, 3.8) is 0 Å². The van der Waals surface area contributed by atoms with Crippen molar-refractivity contribution in [2.75, 3.05) is 13.1 Å². The van der Waals surface area contributed by atoms with Crippen LogP contribution in [0.3, 0.4) is 0 Å². The van der Waals surface area contributed by atoms with Crippen LogP contribution < -0.4 is 15.8 Å². The van der Waals surface area contributed by atoms with Crippen LogP contribution >= 0.6 is 0 Å². The van der Waals surface area contributed by atoms with Crippen LogP contribution in [-0.2, 0) is 26.2 Å². The highest BCUT2D eigenvalue weighted by Crippen LogP contribution is 2.18. The molecule has 9 nitrogen and oxygen atoms in total. The highest BCUT2D eigenvalue weighted by atomic mass is 32.2. The van der Waals surface area contributed by atoms with Crippen molar-refractivity contribution in [3.05, 3.63) is 76.7 Å². The second-order valence-corrected chi connectivity index (χ2v) is 9.30. The van der Waals surface area contributed by atoms with Crippen molar-refractivity contribution in [1.29, 1.82) is 5.41 Å². The van der Waals surface area contributed by atoms with Crippen molar-refractivity contribution in [2.24, 2.45) is 5.73 Å². The minimum absolute atomic E-state index is 0.0307. The fourth-order valence-corrected chi connectivity index (χ4v) is 4.25. The molecule has 0 aliphatic carbocycles. The normalized spacial score (nSPS) is 16.1. The molecule has 5 N–H and O–H groups in total. The summed E-state index contributed by atoms with van der Waals surface area (Å²) in [6.07, 6.45) is 2.63. The summed E-state index contributed by atoms with van der Waals surface area (Å²) < 4.78 is 26.7. The molecular weight excluding hydrogens is 442 g/mol. The predicted octanol–water partition coefficient (Wildman–Crippen LogP) is 1.17. The van der Waals surface area contributed by atoms with Gasteiger partial charge in [-0.25, -0.2) is 13.1 Å². The number of carbonyl (C=O) groups is 2. The number of nitrogens with two attached hydrogens (primary N) is 1. The van der Waals surface area contributed by atoms with Gasteiger partial charge < -0.3 is 16.0 Å². The maximum Gasteiger partial charge on any atom is 0.243 e. The number of carbonyl (C=O) groups excluding carboxylic acids is 2. The SMILES string of the molecule is N=C(N)c1ccc(CNC(=O)[C@@H]2CCCN2C(=O)CNS(=O)(=O)/C=C/c2ccccc2)cc1. The van der Waals surface area contributed by atoms with Gasteiger partial charge in [0.1, 0.15) is 11.9 Å². The molecule has 1 saturated heterocycles. The van der Waals surface area contributed by atoms with Crippen LogP contribution in [0.5, 0.6) is 0 Å². The van der Waals surface area contributed by atoms with E-state index in [1.54, 1.807) is 48.5 Å². The van der Waals surface area contributed by atoms with Gasteiger partial charge >= 0.3 is 0 Å². The largest absolute Gasteiger partial charge is 0.384 e. The molecule has 1 aliphatic heterocycles. The molecule has 0 unspecified atom stereocenters. The third kappa shape index (κ3) is 6.99. The highest BCUT2D eigenvalue weighted by Gasteiger charge is 2.34. The van der Waals surface area contributed by atoms with Crippen LogP contribution in [0.1, 0.15) is 29.5 Å². The number of amides is 2. The number of sulfonamides is 1. The molecule has 0 bridgehead atoms. The Hall–Kier alpha value is -3.50. The Kier molecular flexibility index (Phi) is 7.96. The van der Waals surface area contributed by atoms with E-state index in [2.05, 4.69) is 10.0 Å². The summed E-state index contributed by atoms with van der Waals surface area (Å²) in [6, 6.07) is 15.3. The standard InChI is InChI=1S/C23H27N5O4S/c24-22(25)19-10-8-18(9-11-19)15-26-23(30)20-7-4-13-28(20)21(29)16-27-33(31,32)14-12-17-5-2-1-3-6-17/h1-3,5-6,8-12,14,20,27H,4,7,13,15-16H2,(H3,24,25)(H,26,30)/b14-12+/t20-/m0/s1. The Balaban J connectivity index is 1.52. The number of nitrogen functional groups attached to an aromatic ring is 1. The molecule has 33 heavy (non-hydrogen) atoms. The van der Waals surface area contributed by atoms with E-state index in [4.69, 9.17) is 11.1 Å². The summed E-state index contributed by atoms with van der Waals surface area (Å²) in [4.78, 5) is 26.7. The van der Waals surface area contributed by atoms with Gasteiger partial charge in [0.05, 0.1) is 6.54 Å². The Morgan fingerprint density at radius 1 is 1.12 bits per heavy atom. The predicted molar refractivity (Wildman–Crippen MR) is 126 cm³/mol. The van der Waals surface area contributed by atoms with E-state index in [-0.39, 0.29) is 18.3 Å². The highest BCUT2D eigenvalue weighted by molar-refractivity contribution is 7.92. The number of nitrogens with one attached hydrogen (secondary N) is 3. The molecule has 1 heterocycles. The smallest absolute Gasteiger partial charge is 0.243 e. The Labute approximate surface area is 193 Å². The summed E-state index contributed by atoms with van der Waals surface area (Å²) in [6.45, 7) is 0.246. The van der Waals surface area contributed by atoms with Gasteiger partial charge in [0.2, 0.25) is 21.8 Å². The number of nitrogens with zero attached hydrogens (tertiary/aromatic N) is 1. The van der Waals surface area contributed by atoms with Gasteiger partial charge in [-0.3, -0.25) is 15.0 Å². The van der Waals surface area contributed by atoms with Gasteiger partial charge in [0.15, 0.2) is 0 Å². The van der Waals surface area contributed by atoms with Crippen molar-refractivity contribution in [1.82, 2.24) is 14.9 Å². The summed E-state index contributed by atoms with van der Waals surface area (Å²) in [5, 5.41) is 11.2. The lowest BCUT2D eigenvalue weighted by atomic mass is 10.1. The third-order valence-corrected chi connectivity index (χ3v) is 6.31. The van der Waals surface area contributed by atoms with Gasteiger partial charge in [-0.1, -0.05) is 54.6 Å². The zero-order valence-corrected chi connectivity index (χ0v) is 18.8. The molecule has 2 amide bonds. The first-order chi connectivity index (χ1) is 15.7. The van der Waals surface area contributed by atoms with Crippen LogP contribution in [0.4, 0.5) is 0 Å². The minimum atomic E-state index is -3.80. The maximum absolute atomic E-state index is 12.7. The number of hydrogen-bond acceptors (Lipinski definition) is 5. The number of rotatable bonds is 9. The number of amidine groups is 1. The average Bonchev–Trinajstić information content (AvgIpc) is 3.31. The van der Waals surface area contributed by atoms with Gasteiger partial charge in [-0.15, -0.1) is 0 Å². The van der Waals surface area contributed by atoms with E-state index in [0.29, 0.717) is 24.9 Å². The van der Waals surface area contributed by atoms with E-state index < -0.39 is 28.5 Å². The van der Waals surface area contributed by atoms with Crippen molar-refractivity contribution >= 4 is 33.7 Å². The van der Waals surface area contributed by atoms with Crippen LogP contribution in [0.15, 0.2) is 60.0 Å². The van der Waals surface area contributed by atoms with E-state index in [1.165, 1.54) is 11.0 Å².